The number of carboxylic acids is 1. The Bertz CT molecular complexity index is 221. The van der Waals surface area contributed by atoms with Crippen molar-refractivity contribution in [3.8, 4) is 0 Å². The molecule has 0 spiro atoms. The van der Waals surface area contributed by atoms with Crippen LogP contribution in [0.1, 0.15) is 19.3 Å². The van der Waals surface area contributed by atoms with Crippen LogP contribution >= 0.6 is 12.4 Å². The molecule has 4 N–H and O–H groups in total. The quantitative estimate of drug-likeness (QED) is 0.438. The van der Waals surface area contributed by atoms with Gasteiger partial charge >= 0.3 is 5.97 Å². The molecular weight excluding hydrogens is 220 g/mol. The van der Waals surface area contributed by atoms with Crippen LogP contribution in [0.4, 0.5) is 0 Å². The average molecular weight is 237 g/mol. The van der Waals surface area contributed by atoms with Crippen LogP contribution in [0.25, 0.3) is 0 Å². The Labute approximate surface area is 95.1 Å². The van der Waals surface area contributed by atoms with E-state index in [0.29, 0.717) is 19.4 Å². The fourth-order valence-electron chi connectivity index (χ4n) is 0.981. The number of carbonyl (C=O) groups excluding carboxylic acids is 1. The van der Waals surface area contributed by atoms with Gasteiger partial charge in [-0.25, -0.2) is 4.79 Å². The Morgan fingerprint density at radius 3 is 2.47 bits per heavy atom. The molecule has 0 saturated heterocycles. The second-order valence-electron chi connectivity index (χ2n) is 2.89. The van der Waals surface area contributed by atoms with E-state index < -0.39 is 17.9 Å². The van der Waals surface area contributed by atoms with E-state index in [0.717, 1.165) is 12.5 Å². The van der Waals surface area contributed by atoms with Gasteiger partial charge in [0.05, 0.1) is 0 Å². The number of unbranched alkanes of at least 4 members (excludes halogenated alkanes) is 1. The Balaban J connectivity index is 0. The van der Waals surface area contributed by atoms with E-state index in [9.17, 15) is 9.59 Å². The van der Waals surface area contributed by atoms with Gasteiger partial charge in [0.15, 0.2) is 0 Å². The number of nitrogens with one attached hydrogen (secondary N) is 1. The van der Waals surface area contributed by atoms with Crippen LogP contribution in [0.15, 0.2) is 12.7 Å². The van der Waals surface area contributed by atoms with Crippen molar-refractivity contribution in [1.29, 1.82) is 0 Å². The largest absolute Gasteiger partial charge is 0.480 e. The maximum absolute atomic E-state index is 10.8. The van der Waals surface area contributed by atoms with E-state index in [4.69, 9.17) is 10.8 Å². The molecule has 6 heteroatoms. The SMILES string of the molecule is C=CC(=O)NC(CCCCN)C(=O)O.Cl. The van der Waals surface area contributed by atoms with Gasteiger partial charge in [-0.1, -0.05) is 6.58 Å². The van der Waals surface area contributed by atoms with Gasteiger partial charge in [-0.2, -0.15) is 0 Å². The number of rotatable bonds is 7. The zero-order valence-electron chi connectivity index (χ0n) is 8.44. The van der Waals surface area contributed by atoms with Gasteiger partial charge in [0.2, 0.25) is 5.91 Å². The molecule has 0 rings (SSSR count). The summed E-state index contributed by atoms with van der Waals surface area (Å²) in [5.74, 6) is -1.50. The minimum Gasteiger partial charge on any atom is -0.480 e. The van der Waals surface area contributed by atoms with E-state index in [1.54, 1.807) is 0 Å². The van der Waals surface area contributed by atoms with Crippen molar-refractivity contribution in [3.05, 3.63) is 12.7 Å². The lowest BCUT2D eigenvalue weighted by Crippen LogP contribution is -2.39. The van der Waals surface area contributed by atoms with Gasteiger partial charge in [0, 0.05) is 0 Å². The highest BCUT2D eigenvalue weighted by Crippen LogP contribution is 2.00. The maximum atomic E-state index is 10.8. The van der Waals surface area contributed by atoms with Crippen molar-refractivity contribution in [2.75, 3.05) is 6.54 Å². The van der Waals surface area contributed by atoms with Crippen LogP contribution in [0.2, 0.25) is 0 Å². The highest BCUT2D eigenvalue weighted by atomic mass is 35.5. The molecule has 15 heavy (non-hydrogen) atoms. The second-order valence-corrected chi connectivity index (χ2v) is 2.89. The number of carboxylic acid groups (broad SMARTS) is 1. The first-order valence-electron chi connectivity index (χ1n) is 4.47. The molecule has 0 fully saturated rings. The fourth-order valence-corrected chi connectivity index (χ4v) is 0.981. The highest BCUT2D eigenvalue weighted by molar-refractivity contribution is 5.90. The summed E-state index contributed by atoms with van der Waals surface area (Å²) < 4.78 is 0. The monoisotopic (exact) mass is 236 g/mol. The van der Waals surface area contributed by atoms with Crippen LogP contribution in [-0.4, -0.2) is 29.6 Å². The molecule has 1 unspecified atom stereocenters. The topological polar surface area (TPSA) is 92.4 Å². The Morgan fingerprint density at radius 2 is 2.07 bits per heavy atom. The third kappa shape index (κ3) is 7.96. The van der Waals surface area contributed by atoms with E-state index in [2.05, 4.69) is 11.9 Å². The van der Waals surface area contributed by atoms with Crippen LogP contribution in [0, 0.1) is 0 Å². The first kappa shape index (κ1) is 16.4. The average Bonchev–Trinajstić information content (AvgIpc) is 2.16. The van der Waals surface area contributed by atoms with Crippen molar-refractivity contribution in [1.82, 2.24) is 5.32 Å². The van der Waals surface area contributed by atoms with Gasteiger partial charge in [0.1, 0.15) is 6.04 Å². The summed E-state index contributed by atoms with van der Waals surface area (Å²) >= 11 is 0. The molecule has 0 radical (unpaired) electrons. The molecule has 5 nitrogen and oxygen atoms in total. The van der Waals surface area contributed by atoms with Crippen molar-refractivity contribution in [2.45, 2.75) is 25.3 Å². The van der Waals surface area contributed by atoms with Crippen LogP contribution in [-0.2, 0) is 9.59 Å². The van der Waals surface area contributed by atoms with Crippen molar-refractivity contribution >= 4 is 24.3 Å². The van der Waals surface area contributed by atoms with Crippen molar-refractivity contribution < 1.29 is 14.7 Å². The van der Waals surface area contributed by atoms with Gasteiger partial charge in [-0.05, 0) is 31.9 Å². The number of amides is 1. The molecule has 88 valence electrons. The first-order chi connectivity index (χ1) is 6.61. The predicted octanol–water partition coefficient (Wildman–Crippen LogP) is 0.293. The lowest BCUT2D eigenvalue weighted by Gasteiger charge is -2.12. The van der Waals surface area contributed by atoms with E-state index in [-0.39, 0.29) is 12.4 Å². The summed E-state index contributed by atoms with van der Waals surface area (Å²) in [6.07, 6.45) is 2.89. The maximum Gasteiger partial charge on any atom is 0.326 e. The molecule has 1 amide bonds. The number of carbonyl (C=O) groups is 2. The summed E-state index contributed by atoms with van der Waals surface area (Å²) in [5.41, 5.74) is 5.27. The summed E-state index contributed by atoms with van der Waals surface area (Å²) in [7, 11) is 0. The first-order valence-corrected chi connectivity index (χ1v) is 4.47. The standard InChI is InChI=1S/C9H16N2O3.ClH/c1-2-8(12)11-7(9(13)14)5-3-4-6-10;/h2,7H,1,3-6,10H2,(H,11,12)(H,13,14);1H. The summed E-state index contributed by atoms with van der Waals surface area (Å²) in [6, 6.07) is -0.841. The van der Waals surface area contributed by atoms with Gasteiger partial charge in [-0.3, -0.25) is 4.79 Å². The van der Waals surface area contributed by atoms with E-state index in [1.807, 2.05) is 0 Å². The number of halogens is 1. The van der Waals surface area contributed by atoms with Crippen LogP contribution < -0.4 is 11.1 Å². The Hall–Kier alpha value is -1.07. The summed E-state index contributed by atoms with van der Waals surface area (Å²) in [6.45, 7) is 3.77. The molecule has 1 atom stereocenters. The number of aliphatic carboxylic acids is 1. The molecule has 0 aliphatic rings. The summed E-state index contributed by atoms with van der Waals surface area (Å²) in [5, 5.41) is 11.1. The normalized spacial score (nSPS) is 11.0. The molecule has 0 aliphatic carbocycles. The third-order valence-electron chi connectivity index (χ3n) is 1.75. The number of hydrogen-bond acceptors (Lipinski definition) is 3. The van der Waals surface area contributed by atoms with E-state index in [1.165, 1.54) is 0 Å². The minimum atomic E-state index is -1.03. The molecule has 0 bridgehead atoms. The zero-order valence-corrected chi connectivity index (χ0v) is 9.26. The summed E-state index contributed by atoms with van der Waals surface area (Å²) in [4.78, 5) is 21.5. The molecular formula is C9H17ClN2O3. The Morgan fingerprint density at radius 1 is 1.47 bits per heavy atom. The van der Waals surface area contributed by atoms with Crippen LogP contribution in [0.5, 0.6) is 0 Å². The lowest BCUT2D eigenvalue weighted by molar-refractivity contribution is -0.141. The predicted molar refractivity (Wildman–Crippen MR) is 59.9 cm³/mol. The number of hydrogen-bond donors (Lipinski definition) is 3. The van der Waals surface area contributed by atoms with Gasteiger partial charge in [0.25, 0.3) is 0 Å². The number of nitrogens with two attached hydrogens (primary N) is 1. The third-order valence-corrected chi connectivity index (χ3v) is 1.75. The Kier molecular flexibility index (Phi) is 10.3. The lowest BCUT2D eigenvalue weighted by atomic mass is 10.1. The van der Waals surface area contributed by atoms with Crippen LogP contribution in [0.3, 0.4) is 0 Å². The van der Waals surface area contributed by atoms with E-state index >= 15 is 0 Å². The molecule has 0 aromatic heterocycles. The fraction of sp³-hybridized carbons (Fsp3) is 0.556. The molecule has 0 aromatic rings. The molecule has 0 aliphatic heterocycles. The zero-order chi connectivity index (χ0) is 11.0. The smallest absolute Gasteiger partial charge is 0.326 e. The second kappa shape index (κ2) is 9.48. The van der Waals surface area contributed by atoms with Crippen molar-refractivity contribution in [2.24, 2.45) is 5.73 Å². The molecule has 0 saturated carbocycles. The van der Waals surface area contributed by atoms with Crippen molar-refractivity contribution in [3.63, 3.8) is 0 Å². The van der Waals surface area contributed by atoms with Gasteiger partial charge < -0.3 is 16.2 Å². The van der Waals surface area contributed by atoms with Gasteiger partial charge in [-0.15, -0.1) is 12.4 Å². The molecule has 0 aromatic carbocycles. The molecule has 0 heterocycles. The highest BCUT2D eigenvalue weighted by Gasteiger charge is 2.17. The minimum absolute atomic E-state index is 0.